The number of aryl methyl sites for hydroxylation is 1. The van der Waals surface area contributed by atoms with Crippen LogP contribution in [0, 0.1) is 6.92 Å². The Morgan fingerprint density at radius 1 is 1.37 bits per heavy atom. The van der Waals surface area contributed by atoms with E-state index in [0.29, 0.717) is 29.8 Å². The zero-order chi connectivity index (χ0) is 13.8. The second kappa shape index (κ2) is 5.88. The van der Waals surface area contributed by atoms with Crippen molar-refractivity contribution in [2.75, 3.05) is 18.2 Å². The second-order valence-electron chi connectivity index (χ2n) is 4.04. The van der Waals surface area contributed by atoms with E-state index in [1.807, 2.05) is 31.2 Å². The number of methoxy groups -OCH3 is 1. The van der Waals surface area contributed by atoms with Crippen LogP contribution in [0.1, 0.15) is 11.3 Å². The van der Waals surface area contributed by atoms with Gasteiger partial charge >= 0.3 is 6.01 Å². The number of hydrogen-bond acceptors (Lipinski definition) is 5. The summed E-state index contributed by atoms with van der Waals surface area (Å²) in [5, 5.41) is 3.20. The number of benzene rings is 1. The van der Waals surface area contributed by atoms with Crippen molar-refractivity contribution in [3.8, 4) is 6.01 Å². The van der Waals surface area contributed by atoms with Crippen molar-refractivity contribution in [2.45, 2.75) is 13.5 Å². The molecule has 3 N–H and O–H groups in total. The SMILES string of the molecule is COc1nc(C)c(N)c(NCc2cccc(Br)c2)n1. The predicted octanol–water partition coefficient (Wildman–Crippen LogP) is 2.75. The third-order valence-corrected chi connectivity index (χ3v) is 3.14. The van der Waals surface area contributed by atoms with Crippen LogP contribution in [0.3, 0.4) is 0 Å². The van der Waals surface area contributed by atoms with Gasteiger partial charge in [0.25, 0.3) is 0 Å². The smallest absolute Gasteiger partial charge is 0.318 e. The lowest BCUT2D eigenvalue weighted by molar-refractivity contribution is 0.379. The standard InChI is InChI=1S/C13H15BrN4O/c1-8-11(15)12(18-13(17-8)19-2)16-7-9-4-3-5-10(14)6-9/h3-6H,7,15H2,1-2H3,(H,16,17,18). The molecule has 0 spiro atoms. The van der Waals surface area contributed by atoms with Gasteiger partial charge in [0.1, 0.15) is 0 Å². The molecule has 100 valence electrons. The first kappa shape index (κ1) is 13.6. The average molecular weight is 323 g/mol. The van der Waals surface area contributed by atoms with Gasteiger partial charge < -0.3 is 15.8 Å². The molecule has 1 heterocycles. The van der Waals surface area contributed by atoms with Crippen LogP contribution >= 0.6 is 15.9 Å². The van der Waals surface area contributed by atoms with E-state index in [0.717, 1.165) is 10.0 Å². The van der Waals surface area contributed by atoms with E-state index in [1.165, 1.54) is 7.11 Å². The highest BCUT2D eigenvalue weighted by atomic mass is 79.9. The van der Waals surface area contributed by atoms with Crippen LogP contribution in [0.25, 0.3) is 0 Å². The lowest BCUT2D eigenvalue weighted by Gasteiger charge is -2.11. The zero-order valence-electron chi connectivity index (χ0n) is 10.8. The first-order valence-electron chi connectivity index (χ1n) is 5.76. The number of nitrogens with one attached hydrogen (secondary N) is 1. The van der Waals surface area contributed by atoms with E-state index in [1.54, 1.807) is 0 Å². The van der Waals surface area contributed by atoms with Crippen molar-refractivity contribution in [3.63, 3.8) is 0 Å². The summed E-state index contributed by atoms with van der Waals surface area (Å²) < 4.78 is 6.07. The summed E-state index contributed by atoms with van der Waals surface area (Å²) in [6.07, 6.45) is 0. The fourth-order valence-corrected chi connectivity index (χ4v) is 2.06. The molecular formula is C13H15BrN4O. The number of aromatic nitrogens is 2. The Labute approximate surface area is 120 Å². The minimum atomic E-state index is 0.309. The molecule has 1 aromatic heterocycles. The van der Waals surface area contributed by atoms with Crippen molar-refractivity contribution < 1.29 is 4.74 Å². The van der Waals surface area contributed by atoms with E-state index in [-0.39, 0.29) is 0 Å². The zero-order valence-corrected chi connectivity index (χ0v) is 12.4. The first-order chi connectivity index (χ1) is 9.10. The van der Waals surface area contributed by atoms with Gasteiger partial charge in [0.2, 0.25) is 0 Å². The van der Waals surface area contributed by atoms with Crippen LogP contribution in [-0.2, 0) is 6.54 Å². The Morgan fingerprint density at radius 2 is 2.16 bits per heavy atom. The number of ether oxygens (including phenoxy) is 1. The highest BCUT2D eigenvalue weighted by Gasteiger charge is 2.08. The van der Waals surface area contributed by atoms with E-state index in [4.69, 9.17) is 10.5 Å². The van der Waals surface area contributed by atoms with E-state index in [9.17, 15) is 0 Å². The molecule has 0 atom stereocenters. The summed E-state index contributed by atoms with van der Waals surface area (Å²) in [5.74, 6) is 0.587. The molecule has 19 heavy (non-hydrogen) atoms. The summed E-state index contributed by atoms with van der Waals surface area (Å²) in [6, 6.07) is 8.34. The van der Waals surface area contributed by atoms with Gasteiger partial charge in [-0.2, -0.15) is 9.97 Å². The third-order valence-electron chi connectivity index (χ3n) is 2.65. The number of nitrogen functional groups attached to an aromatic ring is 1. The first-order valence-corrected chi connectivity index (χ1v) is 6.56. The summed E-state index contributed by atoms with van der Waals surface area (Å²) >= 11 is 3.44. The van der Waals surface area contributed by atoms with Gasteiger partial charge in [0, 0.05) is 11.0 Å². The summed E-state index contributed by atoms with van der Waals surface area (Å²) in [5.41, 5.74) is 8.31. The monoisotopic (exact) mass is 322 g/mol. The Kier molecular flexibility index (Phi) is 4.21. The van der Waals surface area contributed by atoms with E-state index < -0.39 is 0 Å². The molecule has 0 aliphatic rings. The Morgan fingerprint density at radius 3 is 2.84 bits per heavy atom. The molecule has 0 aliphatic carbocycles. The van der Waals surface area contributed by atoms with Crippen molar-refractivity contribution in [2.24, 2.45) is 0 Å². The van der Waals surface area contributed by atoms with E-state index in [2.05, 4.69) is 31.2 Å². The van der Waals surface area contributed by atoms with E-state index >= 15 is 0 Å². The maximum Gasteiger partial charge on any atom is 0.318 e. The molecule has 1 aromatic carbocycles. The summed E-state index contributed by atoms with van der Waals surface area (Å²) in [4.78, 5) is 8.32. The molecule has 0 unspecified atom stereocenters. The highest BCUT2D eigenvalue weighted by Crippen LogP contribution is 2.22. The predicted molar refractivity (Wildman–Crippen MR) is 79.2 cm³/mol. The van der Waals surface area contributed by atoms with Gasteiger partial charge in [0.05, 0.1) is 18.5 Å². The molecule has 0 bridgehead atoms. The van der Waals surface area contributed by atoms with Crippen molar-refractivity contribution >= 4 is 27.4 Å². The quantitative estimate of drug-likeness (QED) is 0.905. The van der Waals surface area contributed by atoms with Gasteiger partial charge in [-0.25, -0.2) is 0 Å². The Bertz CT molecular complexity index is 589. The van der Waals surface area contributed by atoms with Gasteiger partial charge in [-0.15, -0.1) is 0 Å². The molecule has 0 aliphatic heterocycles. The number of nitrogens with two attached hydrogens (primary N) is 1. The second-order valence-corrected chi connectivity index (χ2v) is 4.96. The Hall–Kier alpha value is -1.82. The normalized spacial score (nSPS) is 10.3. The summed E-state index contributed by atoms with van der Waals surface area (Å²) in [7, 11) is 1.53. The summed E-state index contributed by atoms with van der Waals surface area (Å²) in [6.45, 7) is 2.45. The molecule has 0 saturated carbocycles. The molecule has 0 fully saturated rings. The molecular weight excluding hydrogens is 308 g/mol. The maximum atomic E-state index is 5.95. The van der Waals surface area contributed by atoms with Crippen molar-refractivity contribution in [1.29, 1.82) is 0 Å². The van der Waals surface area contributed by atoms with Crippen LogP contribution in [0.5, 0.6) is 6.01 Å². The van der Waals surface area contributed by atoms with Crippen LogP contribution in [0.15, 0.2) is 28.7 Å². The molecule has 5 nitrogen and oxygen atoms in total. The third kappa shape index (κ3) is 3.35. The lowest BCUT2D eigenvalue weighted by Crippen LogP contribution is -2.08. The number of anilines is 2. The molecule has 6 heteroatoms. The molecule has 0 radical (unpaired) electrons. The number of halogens is 1. The van der Waals surface area contributed by atoms with Gasteiger partial charge in [-0.3, -0.25) is 0 Å². The number of rotatable bonds is 4. The van der Waals surface area contributed by atoms with Crippen LogP contribution in [0.4, 0.5) is 11.5 Å². The van der Waals surface area contributed by atoms with Gasteiger partial charge in [0.15, 0.2) is 5.82 Å². The van der Waals surface area contributed by atoms with Crippen molar-refractivity contribution in [1.82, 2.24) is 9.97 Å². The van der Waals surface area contributed by atoms with Gasteiger partial charge in [-0.1, -0.05) is 28.1 Å². The molecule has 0 amide bonds. The minimum Gasteiger partial charge on any atom is -0.467 e. The Balaban J connectivity index is 2.17. The minimum absolute atomic E-state index is 0.309. The fourth-order valence-electron chi connectivity index (χ4n) is 1.61. The number of nitrogens with zero attached hydrogens (tertiary/aromatic N) is 2. The molecule has 2 rings (SSSR count). The average Bonchev–Trinajstić information content (AvgIpc) is 2.40. The maximum absolute atomic E-state index is 5.95. The number of hydrogen-bond donors (Lipinski definition) is 2. The van der Waals surface area contributed by atoms with Gasteiger partial charge in [-0.05, 0) is 24.6 Å². The van der Waals surface area contributed by atoms with Crippen molar-refractivity contribution in [3.05, 3.63) is 40.0 Å². The van der Waals surface area contributed by atoms with Crippen LogP contribution < -0.4 is 15.8 Å². The van der Waals surface area contributed by atoms with Crippen LogP contribution in [-0.4, -0.2) is 17.1 Å². The molecule has 2 aromatic rings. The highest BCUT2D eigenvalue weighted by molar-refractivity contribution is 9.10. The fraction of sp³-hybridized carbons (Fsp3) is 0.231. The lowest BCUT2D eigenvalue weighted by atomic mass is 10.2. The topological polar surface area (TPSA) is 73.1 Å². The van der Waals surface area contributed by atoms with Crippen LogP contribution in [0.2, 0.25) is 0 Å². The largest absolute Gasteiger partial charge is 0.467 e. The molecule has 0 saturated heterocycles.